The summed E-state index contributed by atoms with van der Waals surface area (Å²) in [5.41, 5.74) is 22.6. The van der Waals surface area contributed by atoms with Crippen LogP contribution in [0.15, 0.2) is 29.3 Å². The van der Waals surface area contributed by atoms with Crippen LogP contribution in [-0.2, 0) is 44.8 Å². The Morgan fingerprint density at radius 2 is 1.41 bits per heavy atom. The number of phenols is 1. The SMILES string of the molecule is CC(C)C[C@@H](NC(=O)[C@@H](CCC(=O)O)NC(=O)[C@@H](C(C)C)N1C[C@@H](NC(=O)[C@@H](Cc2ccc(O)cc2)NC(=O)[C@H](N)CCCN=C(N)N)CC1=O)C(=O)N[C@H](C)C(N)=O. The van der Waals surface area contributed by atoms with Crippen LogP contribution in [0.4, 0.5) is 0 Å². The third-order valence-corrected chi connectivity index (χ3v) is 9.46. The van der Waals surface area contributed by atoms with Crippen molar-refractivity contribution < 1.29 is 48.6 Å². The summed E-state index contributed by atoms with van der Waals surface area (Å²) in [7, 11) is 0. The van der Waals surface area contributed by atoms with Gasteiger partial charge in [-0.2, -0.15) is 0 Å². The number of aromatic hydroxyl groups is 1. The lowest BCUT2D eigenvalue weighted by molar-refractivity contribution is -0.141. The smallest absolute Gasteiger partial charge is 0.303 e. The number of primary amides is 1. The number of carboxylic acids is 1. The van der Waals surface area contributed by atoms with Crippen LogP contribution in [0.2, 0.25) is 0 Å². The molecule has 21 heteroatoms. The Kier molecular flexibility index (Phi) is 19.5. The number of likely N-dealkylation sites (tertiary alicyclic amines) is 1. The highest BCUT2D eigenvalue weighted by Gasteiger charge is 2.41. The number of nitrogens with two attached hydrogens (primary N) is 4. The minimum absolute atomic E-state index is 0.00169. The van der Waals surface area contributed by atoms with Gasteiger partial charge in [-0.1, -0.05) is 39.8 Å². The van der Waals surface area contributed by atoms with Crippen molar-refractivity contribution in [3.63, 3.8) is 0 Å². The molecule has 1 aromatic carbocycles. The number of carbonyl (C=O) groups is 8. The summed E-state index contributed by atoms with van der Waals surface area (Å²) in [6.45, 7) is 8.43. The van der Waals surface area contributed by atoms with E-state index < -0.39 is 102 Å². The minimum atomic E-state index is -1.44. The lowest BCUT2D eigenvalue weighted by Crippen LogP contribution is -2.59. The Balaban J connectivity index is 2.26. The Morgan fingerprint density at radius 1 is 0.814 bits per heavy atom. The highest BCUT2D eigenvalue weighted by atomic mass is 16.4. The van der Waals surface area contributed by atoms with Gasteiger partial charge in [0.25, 0.3) is 0 Å². The monoisotopic (exact) mass is 831 g/mol. The van der Waals surface area contributed by atoms with Crippen LogP contribution in [0.5, 0.6) is 5.75 Å². The quantitative estimate of drug-likeness (QED) is 0.0290. The minimum Gasteiger partial charge on any atom is -0.508 e. The molecule has 59 heavy (non-hydrogen) atoms. The molecule has 1 heterocycles. The number of aliphatic carboxylic acids is 1. The van der Waals surface area contributed by atoms with Crippen LogP contribution < -0.4 is 49.5 Å². The van der Waals surface area contributed by atoms with Crippen molar-refractivity contribution >= 4 is 53.3 Å². The maximum absolute atomic E-state index is 13.9. The zero-order valence-corrected chi connectivity index (χ0v) is 34.2. The molecule has 1 fully saturated rings. The second kappa shape index (κ2) is 23.4. The number of amides is 7. The molecule has 7 amide bonds. The molecule has 1 saturated heterocycles. The van der Waals surface area contributed by atoms with E-state index in [1.54, 1.807) is 39.8 Å². The van der Waals surface area contributed by atoms with E-state index in [1.807, 2.05) is 0 Å². The van der Waals surface area contributed by atoms with Gasteiger partial charge in [-0.3, -0.25) is 43.3 Å². The summed E-state index contributed by atoms with van der Waals surface area (Å²) >= 11 is 0. The number of nitrogens with zero attached hydrogens (tertiary/aromatic N) is 2. The molecule has 328 valence electrons. The zero-order chi connectivity index (χ0) is 44.6. The van der Waals surface area contributed by atoms with Gasteiger partial charge in [-0.15, -0.1) is 0 Å². The fourth-order valence-electron chi connectivity index (χ4n) is 6.36. The van der Waals surface area contributed by atoms with Crippen molar-refractivity contribution in [2.24, 2.45) is 39.8 Å². The molecule has 0 unspecified atom stereocenters. The van der Waals surface area contributed by atoms with Crippen LogP contribution in [0.1, 0.15) is 78.7 Å². The second-order valence-electron chi connectivity index (χ2n) is 15.4. The molecule has 1 aromatic rings. The summed E-state index contributed by atoms with van der Waals surface area (Å²) in [5, 5.41) is 32.2. The molecular formula is C38H61N11O10. The summed E-state index contributed by atoms with van der Waals surface area (Å²) in [6.07, 6.45) is -0.333. The lowest BCUT2D eigenvalue weighted by atomic mass is 9.99. The molecule has 15 N–H and O–H groups in total. The van der Waals surface area contributed by atoms with E-state index in [2.05, 4.69) is 31.6 Å². The van der Waals surface area contributed by atoms with Crippen molar-refractivity contribution in [3.8, 4) is 5.75 Å². The second-order valence-corrected chi connectivity index (χ2v) is 15.4. The fraction of sp³-hybridized carbons (Fsp3) is 0.605. The number of nitrogens with one attached hydrogen (secondary N) is 5. The number of carboxylic acid groups (broad SMARTS) is 1. The van der Waals surface area contributed by atoms with Gasteiger partial charge in [-0.05, 0) is 62.1 Å². The molecule has 0 saturated carbocycles. The van der Waals surface area contributed by atoms with E-state index in [-0.39, 0.29) is 62.8 Å². The van der Waals surface area contributed by atoms with Crippen molar-refractivity contribution in [2.75, 3.05) is 13.1 Å². The van der Waals surface area contributed by atoms with Crippen molar-refractivity contribution in [1.29, 1.82) is 0 Å². The van der Waals surface area contributed by atoms with Crippen LogP contribution in [0, 0.1) is 11.8 Å². The molecule has 21 nitrogen and oxygen atoms in total. The van der Waals surface area contributed by atoms with Crippen molar-refractivity contribution in [3.05, 3.63) is 29.8 Å². The van der Waals surface area contributed by atoms with Gasteiger partial charge in [0.15, 0.2) is 5.96 Å². The number of hydrogen-bond acceptors (Lipinski definition) is 11. The number of rotatable bonds is 24. The normalized spacial score (nSPS) is 16.8. The van der Waals surface area contributed by atoms with E-state index in [4.69, 9.17) is 22.9 Å². The largest absolute Gasteiger partial charge is 0.508 e. The maximum atomic E-state index is 13.9. The van der Waals surface area contributed by atoms with Gasteiger partial charge >= 0.3 is 5.97 Å². The van der Waals surface area contributed by atoms with E-state index in [9.17, 15) is 48.6 Å². The zero-order valence-electron chi connectivity index (χ0n) is 34.2. The summed E-state index contributed by atoms with van der Waals surface area (Å²) < 4.78 is 0. The predicted octanol–water partition coefficient (Wildman–Crippen LogP) is -2.59. The van der Waals surface area contributed by atoms with Gasteiger partial charge in [0.2, 0.25) is 41.4 Å². The molecule has 2 rings (SSSR count). The van der Waals surface area contributed by atoms with Gasteiger partial charge in [0.05, 0.1) is 12.1 Å². The number of guanidine groups is 1. The number of hydrogen-bond donors (Lipinski definition) is 11. The average Bonchev–Trinajstić information content (AvgIpc) is 3.49. The number of aliphatic imine (C=N–C) groups is 1. The van der Waals surface area contributed by atoms with Gasteiger partial charge < -0.3 is 64.6 Å². The molecule has 7 atom stereocenters. The highest BCUT2D eigenvalue weighted by molar-refractivity contribution is 5.96. The topological polar surface area (TPSA) is 357 Å². The Morgan fingerprint density at radius 3 is 1.97 bits per heavy atom. The van der Waals surface area contributed by atoms with E-state index >= 15 is 0 Å². The van der Waals surface area contributed by atoms with Gasteiger partial charge in [0, 0.05) is 32.4 Å². The molecule has 0 aliphatic carbocycles. The summed E-state index contributed by atoms with van der Waals surface area (Å²) in [5.74, 6) is -6.87. The molecule has 0 radical (unpaired) electrons. The predicted molar refractivity (Wildman–Crippen MR) is 215 cm³/mol. The summed E-state index contributed by atoms with van der Waals surface area (Å²) in [6, 6.07) is -1.76. The van der Waals surface area contributed by atoms with Gasteiger partial charge in [0.1, 0.15) is 36.0 Å². The molecule has 1 aliphatic rings. The molecule has 0 aromatic heterocycles. The standard InChI is InChI=1S/C38H61N11O10/c1-19(2)15-27(35(57)44-21(5)32(40)54)48-34(56)26(12-13-30(52)53)46-37(59)31(20(3)4)49-18-23(17-29(49)51)45-36(58)28(16-22-8-10-24(50)11-9-22)47-33(55)25(39)7-6-14-43-38(41)42/h8-11,19-21,23,25-28,31,50H,6-7,12-18,39H2,1-5H3,(H2,40,54)(H,44,57)(H,45,58)(H,46,59)(H,47,55)(H,48,56)(H,52,53)(H4,41,42,43)/t21-,23+,25-,26-,27-,28-,31-/m1/s1. The first-order chi connectivity index (χ1) is 27.6. The molecule has 0 bridgehead atoms. The summed E-state index contributed by atoms with van der Waals surface area (Å²) in [4.78, 5) is 109. The maximum Gasteiger partial charge on any atom is 0.303 e. The van der Waals surface area contributed by atoms with Gasteiger partial charge in [-0.25, -0.2) is 0 Å². The third kappa shape index (κ3) is 16.8. The van der Waals surface area contributed by atoms with Crippen LogP contribution >= 0.6 is 0 Å². The van der Waals surface area contributed by atoms with Crippen LogP contribution in [0.3, 0.4) is 0 Å². The van der Waals surface area contributed by atoms with Crippen molar-refractivity contribution in [2.45, 2.75) is 122 Å². The molecule has 1 aliphatic heterocycles. The first kappa shape index (κ1) is 49.2. The van der Waals surface area contributed by atoms with E-state index in [0.717, 1.165) is 0 Å². The first-order valence-electron chi connectivity index (χ1n) is 19.5. The van der Waals surface area contributed by atoms with E-state index in [1.165, 1.54) is 24.0 Å². The fourth-order valence-corrected chi connectivity index (χ4v) is 6.36. The Bertz CT molecular complexity index is 1680. The Hall–Kier alpha value is -5.99. The van der Waals surface area contributed by atoms with Crippen molar-refractivity contribution in [1.82, 2.24) is 31.5 Å². The number of benzene rings is 1. The average molecular weight is 832 g/mol. The van der Waals surface area contributed by atoms with E-state index in [0.29, 0.717) is 12.0 Å². The highest BCUT2D eigenvalue weighted by Crippen LogP contribution is 2.21. The number of phenolic OH excluding ortho intramolecular Hbond substituents is 1. The number of carbonyl (C=O) groups excluding carboxylic acids is 7. The molecular weight excluding hydrogens is 770 g/mol. The lowest BCUT2D eigenvalue weighted by Gasteiger charge is -2.32. The van der Waals surface area contributed by atoms with Crippen LogP contribution in [-0.4, -0.2) is 124 Å². The van der Waals surface area contributed by atoms with Crippen LogP contribution in [0.25, 0.3) is 0 Å². The first-order valence-corrected chi connectivity index (χ1v) is 19.5. The molecule has 0 spiro atoms. The third-order valence-electron chi connectivity index (χ3n) is 9.46. The Labute approximate surface area is 343 Å².